The van der Waals surface area contributed by atoms with Crippen LogP contribution < -0.4 is 0 Å². The van der Waals surface area contributed by atoms with Gasteiger partial charge in [0.15, 0.2) is 11.9 Å². The highest BCUT2D eigenvalue weighted by atomic mass is 16.7. The smallest absolute Gasteiger partial charge is 0.412 e. The van der Waals surface area contributed by atoms with Crippen LogP contribution in [0.3, 0.4) is 0 Å². The predicted molar refractivity (Wildman–Crippen MR) is 140 cm³/mol. The maximum Gasteiger partial charge on any atom is 0.412 e. The summed E-state index contributed by atoms with van der Waals surface area (Å²) in [6, 6.07) is 23.7. The van der Waals surface area contributed by atoms with Crippen LogP contribution >= 0.6 is 0 Å². The van der Waals surface area contributed by atoms with Crippen LogP contribution in [0.2, 0.25) is 0 Å². The average molecular weight is 532 g/mol. The maximum atomic E-state index is 13.9. The van der Waals surface area contributed by atoms with Crippen molar-refractivity contribution in [3.63, 3.8) is 0 Å². The van der Waals surface area contributed by atoms with Crippen molar-refractivity contribution in [1.29, 1.82) is 0 Å². The molecule has 2 aliphatic rings. The second kappa shape index (κ2) is 11.5. The molecule has 3 aromatic carbocycles. The van der Waals surface area contributed by atoms with E-state index in [1.807, 2.05) is 78.9 Å². The number of rotatable bonds is 12. The minimum atomic E-state index is -1.41. The minimum absolute atomic E-state index is 0.125. The van der Waals surface area contributed by atoms with E-state index in [2.05, 4.69) is 0 Å². The fourth-order valence-electron chi connectivity index (χ4n) is 5.60. The van der Waals surface area contributed by atoms with Crippen molar-refractivity contribution in [2.24, 2.45) is 0 Å². The summed E-state index contributed by atoms with van der Waals surface area (Å²) in [4.78, 5) is 42.4. The Bertz CT molecular complexity index is 1310. The molecule has 0 saturated carbocycles. The van der Waals surface area contributed by atoms with E-state index in [9.17, 15) is 14.4 Å². The number of hydrogen-bond acceptors (Lipinski definition) is 8. The van der Waals surface area contributed by atoms with E-state index in [0.717, 1.165) is 27.8 Å². The molecule has 0 N–H and O–H groups in total. The number of amides is 1. The Kier molecular flexibility index (Phi) is 7.85. The van der Waals surface area contributed by atoms with Crippen LogP contribution in [0.4, 0.5) is 4.79 Å². The normalized spacial score (nSPS) is 18.9. The largest absolute Gasteiger partial charge is 0.435 e. The molecule has 9 heteroatoms. The summed E-state index contributed by atoms with van der Waals surface area (Å²) in [7, 11) is 2.87. The third-order valence-electron chi connectivity index (χ3n) is 7.00. The van der Waals surface area contributed by atoms with Gasteiger partial charge in [-0.15, -0.1) is 0 Å². The number of carbonyl (C=O) groups is 3. The van der Waals surface area contributed by atoms with E-state index in [1.54, 1.807) is 0 Å². The minimum Gasteiger partial charge on any atom is -0.435 e. The first-order valence-corrected chi connectivity index (χ1v) is 12.5. The molecule has 1 aliphatic carbocycles. The number of fused-ring (bicyclic) bond motifs is 3. The molecule has 1 fully saturated rings. The van der Waals surface area contributed by atoms with Crippen molar-refractivity contribution in [3.05, 3.63) is 95.6 Å². The first kappa shape index (κ1) is 26.7. The molecule has 1 heterocycles. The van der Waals surface area contributed by atoms with E-state index in [-0.39, 0.29) is 20.2 Å². The van der Waals surface area contributed by atoms with Gasteiger partial charge in [-0.2, -0.15) is 0 Å². The lowest BCUT2D eigenvalue weighted by molar-refractivity contribution is -0.142. The Hall–Kier alpha value is -3.89. The van der Waals surface area contributed by atoms with Gasteiger partial charge in [0, 0.05) is 14.2 Å². The van der Waals surface area contributed by atoms with Gasteiger partial charge >= 0.3 is 6.09 Å². The van der Waals surface area contributed by atoms with Gasteiger partial charge in [-0.3, -0.25) is 14.5 Å². The van der Waals surface area contributed by atoms with Crippen LogP contribution in [0, 0.1) is 0 Å². The van der Waals surface area contributed by atoms with Crippen molar-refractivity contribution in [1.82, 2.24) is 4.90 Å². The summed E-state index contributed by atoms with van der Waals surface area (Å²) in [5, 5.41) is 0. The molecule has 3 aromatic rings. The number of benzene rings is 3. The number of ketones is 2. The van der Waals surface area contributed by atoms with E-state index in [0.29, 0.717) is 0 Å². The molecule has 39 heavy (non-hydrogen) atoms. The lowest BCUT2D eigenvalue weighted by atomic mass is 9.77. The van der Waals surface area contributed by atoms with Gasteiger partial charge in [-0.05, 0) is 27.8 Å². The summed E-state index contributed by atoms with van der Waals surface area (Å²) in [5.41, 5.74) is 2.94. The number of methoxy groups -OCH3 is 2. The lowest BCUT2D eigenvalue weighted by Gasteiger charge is -2.42. The molecule has 0 spiro atoms. The molecule has 0 radical (unpaired) electrons. The van der Waals surface area contributed by atoms with Gasteiger partial charge in [0.1, 0.15) is 38.4 Å². The van der Waals surface area contributed by atoms with E-state index in [1.165, 1.54) is 19.1 Å². The standard InChI is InChI=1S/C30H29NO8/c1-35-18-37-16-25(32)27-28(26(33)17-38-19-36-2)39-29(34)31(27)30(20-10-4-3-5-11-20)23-14-8-6-12-21(23)22-13-7-9-15-24(22)30/h3-15,27-28H,16-19H2,1-2H3/t27-,28-/m1/s1. The lowest BCUT2D eigenvalue weighted by Crippen LogP contribution is -2.57. The number of carbonyl (C=O) groups excluding carboxylic acids is 3. The first-order chi connectivity index (χ1) is 19.1. The second-order valence-corrected chi connectivity index (χ2v) is 9.23. The van der Waals surface area contributed by atoms with Gasteiger partial charge in [-0.25, -0.2) is 4.79 Å². The molecule has 1 aliphatic heterocycles. The molecule has 2 atom stereocenters. The fourth-order valence-corrected chi connectivity index (χ4v) is 5.60. The van der Waals surface area contributed by atoms with Gasteiger partial charge in [-0.1, -0.05) is 78.9 Å². The summed E-state index contributed by atoms with van der Waals surface area (Å²) < 4.78 is 26.2. The van der Waals surface area contributed by atoms with Gasteiger partial charge < -0.3 is 23.7 Å². The Morgan fingerprint density at radius 2 is 1.28 bits per heavy atom. The Morgan fingerprint density at radius 3 is 1.85 bits per heavy atom. The summed E-state index contributed by atoms with van der Waals surface area (Å²) in [5.74, 6) is -1.06. The molecule has 0 bridgehead atoms. The summed E-state index contributed by atoms with van der Waals surface area (Å²) >= 11 is 0. The van der Waals surface area contributed by atoms with E-state index >= 15 is 0 Å². The highest BCUT2D eigenvalue weighted by molar-refractivity contribution is 6.01. The van der Waals surface area contributed by atoms with Crippen LogP contribution in [0.5, 0.6) is 0 Å². The van der Waals surface area contributed by atoms with Crippen LogP contribution in [-0.4, -0.2) is 75.7 Å². The SMILES string of the molecule is COCOCC(=O)[C@H]1OC(=O)N(C2(c3ccccc3)c3ccccc3-c3ccccc32)[C@@H]1C(=O)COCOC. The summed E-state index contributed by atoms with van der Waals surface area (Å²) in [6.07, 6.45) is -2.20. The highest BCUT2D eigenvalue weighted by Gasteiger charge is 2.61. The van der Waals surface area contributed by atoms with Gasteiger partial charge in [0.25, 0.3) is 0 Å². The number of ether oxygens (including phenoxy) is 5. The van der Waals surface area contributed by atoms with Gasteiger partial charge in [0.05, 0.1) is 0 Å². The zero-order valence-corrected chi connectivity index (χ0v) is 21.7. The molecular weight excluding hydrogens is 502 g/mol. The summed E-state index contributed by atoms with van der Waals surface area (Å²) in [6.45, 7) is -1.03. The van der Waals surface area contributed by atoms with Crippen LogP contribution in [-0.2, 0) is 38.8 Å². The Balaban J connectivity index is 1.72. The topological polar surface area (TPSA) is 101 Å². The monoisotopic (exact) mass is 531 g/mol. The zero-order valence-electron chi connectivity index (χ0n) is 21.7. The van der Waals surface area contributed by atoms with Crippen LogP contribution in [0.15, 0.2) is 78.9 Å². The molecule has 0 unspecified atom stereocenters. The molecule has 1 amide bonds. The van der Waals surface area contributed by atoms with Crippen LogP contribution in [0.25, 0.3) is 11.1 Å². The Morgan fingerprint density at radius 1 is 0.769 bits per heavy atom. The van der Waals surface area contributed by atoms with Crippen molar-refractivity contribution < 1.29 is 38.1 Å². The molecule has 202 valence electrons. The average Bonchev–Trinajstić information content (AvgIpc) is 3.47. The number of cyclic esters (lactones) is 1. The van der Waals surface area contributed by atoms with Crippen molar-refractivity contribution in [3.8, 4) is 11.1 Å². The second-order valence-electron chi connectivity index (χ2n) is 9.23. The van der Waals surface area contributed by atoms with Gasteiger partial charge in [0.2, 0.25) is 5.78 Å². The number of Topliss-reactive ketones (excluding diaryl/α,β-unsaturated/α-hetero) is 2. The maximum absolute atomic E-state index is 13.9. The quantitative estimate of drug-likeness (QED) is 0.259. The highest BCUT2D eigenvalue weighted by Crippen LogP contribution is 2.56. The molecule has 0 aromatic heterocycles. The molecular formula is C30H29NO8. The predicted octanol–water partition coefficient (Wildman–Crippen LogP) is 3.53. The van der Waals surface area contributed by atoms with E-state index in [4.69, 9.17) is 23.7 Å². The molecule has 1 saturated heterocycles. The zero-order chi connectivity index (χ0) is 27.4. The number of nitrogens with zero attached hydrogens (tertiary/aromatic N) is 1. The number of hydrogen-bond donors (Lipinski definition) is 0. The third kappa shape index (κ3) is 4.53. The van der Waals surface area contributed by atoms with E-state index < -0.39 is 42.0 Å². The van der Waals surface area contributed by atoms with Crippen molar-refractivity contribution in [2.75, 3.05) is 41.0 Å². The molecule has 5 rings (SSSR count). The fraction of sp³-hybridized carbons (Fsp3) is 0.300. The van der Waals surface area contributed by atoms with Crippen molar-refractivity contribution >= 4 is 17.7 Å². The van der Waals surface area contributed by atoms with Crippen LogP contribution in [0.1, 0.15) is 16.7 Å². The van der Waals surface area contributed by atoms with Crippen molar-refractivity contribution in [2.45, 2.75) is 17.7 Å². The Labute approximate surface area is 226 Å². The first-order valence-electron chi connectivity index (χ1n) is 12.5. The third-order valence-corrected chi connectivity index (χ3v) is 7.00. The molecule has 9 nitrogen and oxygen atoms in total.